The first-order valence-electron chi connectivity index (χ1n) is 37.5. The van der Waals surface area contributed by atoms with Crippen molar-refractivity contribution < 1.29 is 33.4 Å². The Morgan fingerprint density at radius 3 is 1.49 bits per heavy atom. The third-order valence-electron chi connectivity index (χ3n) is 20.0. The molecule has 0 amide bonds. The van der Waals surface area contributed by atoms with Gasteiger partial charge < -0.3 is 38.2 Å². The zero-order valence-electron chi connectivity index (χ0n) is 62.6. The smallest absolute Gasteiger partial charge is 0.162 e. The van der Waals surface area contributed by atoms with Crippen LogP contribution in [-0.2, 0) is 41.9 Å². The number of aromatic nitrogens is 4. The average Bonchev–Trinajstić information content (AvgIpc) is 1.60. The molecule has 0 saturated heterocycles. The molecule has 8 atom stereocenters. The van der Waals surface area contributed by atoms with Gasteiger partial charge in [-0.05, 0) is 184 Å². The van der Waals surface area contributed by atoms with Crippen molar-refractivity contribution in [3.63, 3.8) is 0 Å². The summed E-state index contributed by atoms with van der Waals surface area (Å²) in [4.78, 5) is 44.6. The van der Waals surface area contributed by atoms with Gasteiger partial charge >= 0.3 is 0 Å². The third kappa shape index (κ3) is 20.0. The Kier molecular flexibility index (Phi) is 25.4. The molecule has 11 aromatic rings. The average molecular weight is 1520 g/mol. The van der Waals surface area contributed by atoms with E-state index in [0.717, 1.165) is 130 Å². The second kappa shape index (κ2) is 36.9. The van der Waals surface area contributed by atoms with E-state index in [9.17, 15) is 4.39 Å². The first-order valence-corrected chi connectivity index (χ1v) is 40.2. The molecule has 110 heavy (non-hydrogen) atoms. The molecule has 0 spiro atoms. The van der Waals surface area contributed by atoms with Gasteiger partial charge in [0.15, 0.2) is 36.6 Å². The first kappa shape index (κ1) is 75.7. The maximum absolute atomic E-state index is 14.1. The molecule has 6 aromatic carbocycles. The molecule has 5 aromatic heterocycles. The Hall–Kier alpha value is -11.1. The van der Waals surface area contributed by atoms with Crippen LogP contribution in [0.1, 0.15) is 212 Å². The van der Waals surface area contributed by atoms with E-state index in [0.29, 0.717) is 12.0 Å². The zero-order valence-corrected chi connectivity index (χ0v) is 65.0. The van der Waals surface area contributed by atoms with Crippen LogP contribution in [0.2, 0.25) is 0 Å². The predicted octanol–water partition coefficient (Wildman–Crippen LogP) is 22.7. The second-order valence-corrected chi connectivity index (χ2v) is 31.4. The molecule has 560 valence electrons. The topological polar surface area (TPSA) is 165 Å². The fraction of sp³-hybridized carbons (Fsp3) is 0.289. The number of thiophene rings is 3. The van der Waals surface area contributed by atoms with Crippen molar-refractivity contribution in [3.8, 4) is 23.2 Å². The van der Waals surface area contributed by atoms with Crippen LogP contribution in [0.3, 0.4) is 0 Å². The quantitative estimate of drug-likeness (QED) is 0.0915. The minimum atomic E-state index is -0.358. The molecule has 20 heteroatoms. The largest absolute Gasteiger partial charge is 0.387 e. The lowest BCUT2D eigenvalue weighted by atomic mass is 9.95. The molecule has 16 nitrogen and oxygen atoms in total. The summed E-state index contributed by atoms with van der Waals surface area (Å²) < 4.78 is 17.8. The highest BCUT2D eigenvalue weighted by molar-refractivity contribution is 7.11. The third-order valence-corrected chi connectivity index (χ3v) is 22.6. The van der Waals surface area contributed by atoms with Gasteiger partial charge in [-0.3, -0.25) is 0 Å². The van der Waals surface area contributed by atoms with Crippen molar-refractivity contribution in [1.82, 2.24) is 19.1 Å². The summed E-state index contributed by atoms with van der Waals surface area (Å²) in [5.41, 5.74) is 19.8. The second-order valence-electron chi connectivity index (χ2n) is 28.5. The molecule has 0 radical (unpaired) electrons. The van der Waals surface area contributed by atoms with E-state index in [1.807, 2.05) is 118 Å². The fourth-order valence-corrected chi connectivity index (χ4v) is 16.2. The molecule has 2 aliphatic carbocycles. The Morgan fingerprint density at radius 1 is 0.427 bits per heavy atom. The number of hydrogen-bond acceptors (Lipinski definition) is 17. The molecule has 0 bridgehead atoms. The lowest BCUT2D eigenvalue weighted by Crippen LogP contribution is -2.07. The van der Waals surface area contributed by atoms with Crippen LogP contribution in [-0.4, -0.2) is 53.4 Å². The highest BCUT2D eigenvalue weighted by atomic mass is 32.1. The maximum atomic E-state index is 14.1. The van der Waals surface area contributed by atoms with Crippen molar-refractivity contribution >= 4 is 80.4 Å². The summed E-state index contributed by atoms with van der Waals surface area (Å²) in [5, 5.41) is 30.4. The first-order chi connectivity index (χ1) is 53.9. The Balaban J connectivity index is 0.000000110. The fourth-order valence-electron chi connectivity index (χ4n) is 14.3. The molecular formula is C90H89FN10O6S3. The minimum Gasteiger partial charge on any atom is -0.387 e. The van der Waals surface area contributed by atoms with E-state index in [4.69, 9.17) is 29.0 Å². The summed E-state index contributed by atoms with van der Waals surface area (Å²) in [6.45, 7) is 11.9. The molecule has 8 aliphatic rings. The normalized spacial score (nSPS) is 20.9. The van der Waals surface area contributed by atoms with E-state index < -0.39 is 0 Å². The summed E-state index contributed by atoms with van der Waals surface area (Å²) in [5.74, 6) is 8.95. The van der Waals surface area contributed by atoms with Gasteiger partial charge in [0.1, 0.15) is 5.82 Å². The Morgan fingerprint density at radius 2 is 0.918 bits per heavy atom. The number of hydrogen-bond donors (Lipinski definition) is 0. The zero-order chi connectivity index (χ0) is 75.6. The number of oxime groups is 6. The highest BCUT2D eigenvalue weighted by Gasteiger charge is 2.49. The van der Waals surface area contributed by atoms with Gasteiger partial charge in [0.25, 0.3) is 0 Å². The SMILES string of the molecule is CC1=NO[C@@H](c2c(F)cccc2-n2ccnc2)C1.CC1=NO[C@@H](c2ccccc2-n2ccnc2)C1.CC1=NO[C@@H](c2ccccc2/C=C/c2cccs2)C1.CC1=NO[C@@H](c2ccccc2C#Cc2cccs2)C1.CC1=NO[C@@H](c2ccccc2C2CC2C2CC2)C1.CC1=NO[C@@H](c2ccccc2CCc2cccs2)C1. The summed E-state index contributed by atoms with van der Waals surface area (Å²) in [6.07, 6.45) is 26.4. The van der Waals surface area contributed by atoms with Crippen LogP contribution in [0.4, 0.5) is 4.39 Å². The van der Waals surface area contributed by atoms with Crippen molar-refractivity contribution in [3.05, 3.63) is 306 Å². The summed E-state index contributed by atoms with van der Waals surface area (Å²) in [6, 6.07) is 59.5. The molecule has 2 fully saturated rings. The molecule has 19 rings (SSSR count). The molecule has 2 saturated carbocycles. The number of aryl methyl sites for hydroxylation is 2. The van der Waals surface area contributed by atoms with Crippen LogP contribution >= 0.6 is 34.0 Å². The van der Waals surface area contributed by atoms with E-state index >= 15 is 0 Å². The number of nitrogens with zero attached hydrogens (tertiary/aromatic N) is 10. The van der Waals surface area contributed by atoms with E-state index in [-0.39, 0.29) is 42.4 Å². The predicted molar refractivity (Wildman–Crippen MR) is 441 cm³/mol. The van der Waals surface area contributed by atoms with Crippen LogP contribution < -0.4 is 0 Å². The van der Waals surface area contributed by atoms with Gasteiger partial charge in [-0.15, -0.1) is 34.0 Å². The molecule has 2 unspecified atom stereocenters. The standard InChI is InChI=1S/C16H17NOS.C16H15NOS.C16H13NOS.C16H19NO.C13H12FN3O.C13H13N3O/c3*1-12-11-16(18-17-12)15-7-3-2-5-13(15)8-9-14-6-4-10-19-14;1-10-8-16(18-17-10)13-5-3-2-4-12(13)15-9-14(15)11-6-7-11;1-9-7-12(18-16-9)13-10(14)3-2-4-11(13)17-6-5-15-8-17;1-10-8-13(17-15-10)11-4-2-3-5-12(11)16-7-6-14-9-16/h2-7,10,16H,8-9,11H2,1H3;2-10,16H,11H2,1H3;2-7,10,16H,11H2,1H3;2-5,11,14-16H,6-9H2,1H3;2-6,8,12H,7H2,1H3;2-7,9,13H,8H2,1H3/b;9-8+;;;;/t3*16-;14?,15?,16-;12-;13-/m111111/s1. The number of imidazole rings is 2. The summed E-state index contributed by atoms with van der Waals surface area (Å²) >= 11 is 5.22. The lowest BCUT2D eigenvalue weighted by molar-refractivity contribution is 0.0829. The molecule has 11 heterocycles. The van der Waals surface area contributed by atoms with E-state index in [2.05, 4.69) is 191 Å². The van der Waals surface area contributed by atoms with Crippen molar-refractivity contribution in [2.75, 3.05) is 0 Å². The van der Waals surface area contributed by atoms with Crippen molar-refractivity contribution in [1.29, 1.82) is 0 Å². The van der Waals surface area contributed by atoms with E-state index in [1.165, 1.54) is 68.5 Å². The Bertz CT molecular complexity index is 5150. The van der Waals surface area contributed by atoms with Crippen molar-refractivity contribution in [2.24, 2.45) is 42.8 Å². The van der Waals surface area contributed by atoms with Crippen LogP contribution in [0.5, 0.6) is 0 Å². The number of para-hydroxylation sites is 1. The van der Waals surface area contributed by atoms with Gasteiger partial charge in [0.05, 0.1) is 68.7 Å². The molecule has 6 aliphatic heterocycles. The van der Waals surface area contributed by atoms with E-state index in [1.54, 1.807) is 64.6 Å². The molecular weight excluding hydrogens is 1430 g/mol. The number of benzene rings is 6. The molecule has 0 N–H and O–H groups in total. The number of halogens is 1. The van der Waals surface area contributed by atoms with Crippen LogP contribution in [0.25, 0.3) is 23.5 Å². The monoisotopic (exact) mass is 1520 g/mol. The van der Waals surface area contributed by atoms with Gasteiger partial charge in [-0.1, -0.05) is 182 Å². The summed E-state index contributed by atoms with van der Waals surface area (Å²) in [7, 11) is 0. The van der Waals surface area contributed by atoms with Crippen molar-refractivity contribution in [2.45, 2.75) is 155 Å². The number of rotatable bonds is 15. The Labute approximate surface area is 655 Å². The van der Waals surface area contributed by atoms with Gasteiger partial charge in [0.2, 0.25) is 0 Å². The lowest BCUT2D eigenvalue weighted by Gasteiger charge is -2.15. The van der Waals surface area contributed by atoms with Gasteiger partial charge in [0, 0.05) is 95.3 Å². The maximum Gasteiger partial charge on any atom is 0.162 e. The van der Waals surface area contributed by atoms with Crippen LogP contribution in [0, 0.1) is 29.5 Å². The highest BCUT2D eigenvalue weighted by Crippen LogP contribution is 2.60. The van der Waals surface area contributed by atoms with Gasteiger partial charge in [-0.2, -0.15) is 0 Å². The van der Waals surface area contributed by atoms with Gasteiger partial charge in [-0.25, -0.2) is 14.4 Å². The van der Waals surface area contributed by atoms with Crippen LogP contribution in [0.15, 0.2) is 260 Å². The minimum absolute atomic E-state index is 0.00818.